The van der Waals surface area contributed by atoms with Crippen molar-refractivity contribution in [2.75, 3.05) is 24.3 Å². The van der Waals surface area contributed by atoms with Crippen molar-refractivity contribution < 1.29 is 4.74 Å². The van der Waals surface area contributed by atoms with E-state index in [0.717, 1.165) is 35.7 Å². The molecule has 0 bridgehead atoms. The normalized spacial score (nSPS) is 21.3. The lowest BCUT2D eigenvalue weighted by atomic mass is 10.0. The van der Waals surface area contributed by atoms with E-state index in [1.54, 1.807) is 11.3 Å². The molecule has 3 N–H and O–H groups in total. The summed E-state index contributed by atoms with van der Waals surface area (Å²) in [5.74, 6) is 1.69. The monoisotopic (exact) mass is 264 g/mol. The molecule has 2 aromatic heterocycles. The summed E-state index contributed by atoms with van der Waals surface area (Å²) in [7, 11) is 0. The van der Waals surface area contributed by atoms with E-state index in [4.69, 9.17) is 10.5 Å². The molecule has 1 aliphatic rings. The summed E-state index contributed by atoms with van der Waals surface area (Å²) < 4.78 is 5.42. The van der Waals surface area contributed by atoms with E-state index in [0.29, 0.717) is 17.9 Å². The molecular weight excluding hydrogens is 248 g/mol. The molecule has 0 saturated carbocycles. The van der Waals surface area contributed by atoms with Gasteiger partial charge < -0.3 is 15.8 Å². The quantitative estimate of drug-likeness (QED) is 0.888. The number of anilines is 2. The van der Waals surface area contributed by atoms with Crippen LogP contribution >= 0.6 is 11.3 Å². The molecule has 2 atom stereocenters. The summed E-state index contributed by atoms with van der Waals surface area (Å²) >= 11 is 1.58. The number of nitrogens with one attached hydrogen (secondary N) is 1. The van der Waals surface area contributed by atoms with Gasteiger partial charge in [0.1, 0.15) is 10.6 Å². The third-order valence-corrected chi connectivity index (χ3v) is 4.19. The summed E-state index contributed by atoms with van der Waals surface area (Å²) in [6.45, 7) is 3.84. The minimum atomic E-state index is 0.322. The third-order valence-electron chi connectivity index (χ3n) is 3.38. The maximum Gasteiger partial charge on any atom is 0.223 e. The van der Waals surface area contributed by atoms with Crippen molar-refractivity contribution >= 4 is 33.3 Å². The minimum Gasteiger partial charge on any atom is -0.381 e. The number of nitrogens with two attached hydrogens (primary N) is 1. The van der Waals surface area contributed by atoms with Gasteiger partial charge in [0.2, 0.25) is 5.95 Å². The number of ether oxygens (including phenoxy) is 1. The van der Waals surface area contributed by atoms with Gasteiger partial charge in [0.15, 0.2) is 0 Å². The lowest BCUT2D eigenvalue weighted by Crippen LogP contribution is -2.26. The standard InChI is InChI=1S/C12H16N4OS/c1-7(8-2-4-17-6-8)14-10-9-3-5-18-11(9)16-12(13)15-10/h3,5,7-8H,2,4,6H2,1H3,(H3,13,14,15,16). The van der Waals surface area contributed by atoms with Gasteiger partial charge in [-0.05, 0) is 24.8 Å². The maximum absolute atomic E-state index is 5.73. The fourth-order valence-electron chi connectivity index (χ4n) is 2.26. The van der Waals surface area contributed by atoms with Crippen molar-refractivity contribution in [1.82, 2.24) is 9.97 Å². The molecule has 1 aliphatic heterocycles. The number of thiophene rings is 1. The predicted molar refractivity (Wildman–Crippen MR) is 73.8 cm³/mol. The Labute approximate surface area is 109 Å². The first-order valence-corrected chi connectivity index (χ1v) is 6.97. The predicted octanol–water partition coefficient (Wildman–Crippen LogP) is 2.11. The van der Waals surface area contributed by atoms with Gasteiger partial charge in [-0.25, -0.2) is 4.98 Å². The third kappa shape index (κ3) is 2.13. The first-order valence-electron chi connectivity index (χ1n) is 6.09. The van der Waals surface area contributed by atoms with Crippen LogP contribution in [0.15, 0.2) is 11.4 Å². The van der Waals surface area contributed by atoms with E-state index in [2.05, 4.69) is 22.2 Å². The van der Waals surface area contributed by atoms with E-state index in [9.17, 15) is 0 Å². The van der Waals surface area contributed by atoms with Crippen molar-refractivity contribution in [2.45, 2.75) is 19.4 Å². The molecular formula is C12H16N4OS. The number of aromatic nitrogens is 2. The van der Waals surface area contributed by atoms with Crippen LogP contribution in [0.3, 0.4) is 0 Å². The highest BCUT2D eigenvalue weighted by Crippen LogP contribution is 2.28. The fraction of sp³-hybridized carbons (Fsp3) is 0.500. The summed E-state index contributed by atoms with van der Waals surface area (Å²) in [5, 5.41) is 6.50. The molecule has 0 spiro atoms. The molecule has 0 aromatic carbocycles. The van der Waals surface area contributed by atoms with E-state index in [-0.39, 0.29) is 0 Å². The zero-order valence-electron chi connectivity index (χ0n) is 10.2. The zero-order valence-corrected chi connectivity index (χ0v) is 11.0. The SMILES string of the molecule is CC(Nc1nc(N)nc2sccc12)C1CCOC1. The number of nitrogen functional groups attached to an aromatic ring is 1. The molecule has 5 nitrogen and oxygen atoms in total. The first kappa shape index (κ1) is 11.7. The molecule has 0 aliphatic carbocycles. The van der Waals surface area contributed by atoms with Gasteiger partial charge in [0.05, 0.1) is 12.0 Å². The summed E-state index contributed by atoms with van der Waals surface area (Å²) in [6, 6.07) is 2.35. The minimum absolute atomic E-state index is 0.322. The highest BCUT2D eigenvalue weighted by Gasteiger charge is 2.23. The van der Waals surface area contributed by atoms with Crippen LogP contribution in [-0.2, 0) is 4.74 Å². The Bertz CT molecular complexity index is 550. The van der Waals surface area contributed by atoms with Gasteiger partial charge in [0, 0.05) is 18.6 Å². The Balaban J connectivity index is 1.86. The van der Waals surface area contributed by atoms with E-state index < -0.39 is 0 Å². The van der Waals surface area contributed by atoms with Crippen molar-refractivity contribution in [3.8, 4) is 0 Å². The van der Waals surface area contributed by atoms with Gasteiger partial charge in [-0.1, -0.05) is 0 Å². The van der Waals surface area contributed by atoms with Gasteiger partial charge in [-0.2, -0.15) is 4.98 Å². The molecule has 1 fully saturated rings. The Kier molecular flexibility index (Phi) is 3.05. The van der Waals surface area contributed by atoms with Crippen molar-refractivity contribution in [3.05, 3.63) is 11.4 Å². The Morgan fingerprint density at radius 3 is 3.22 bits per heavy atom. The van der Waals surface area contributed by atoms with Crippen LogP contribution in [-0.4, -0.2) is 29.2 Å². The van der Waals surface area contributed by atoms with Gasteiger partial charge in [-0.15, -0.1) is 11.3 Å². The average Bonchev–Trinajstić information content (AvgIpc) is 2.98. The number of hydrogen-bond donors (Lipinski definition) is 2. The van der Waals surface area contributed by atoms with Crippen LogP contribution in [0, 0.1) is 5.92 Å². The van der Waals surface area contributed by atoms with Crippen LogP contribution < -0.4 is 11.1 Å². The maximum atomic E-state index is 5.73. The second-order valence-electron chi connectivity index (χ2n) is 4.63. The number of fused-ring (bicyclic) bond motifs is 1. The Hall–Kier alpha value is -1.40. The van der Waals surface area contributed by atoms with Gasteiger partial charge >= 0.3 is 0 Å². The van der Waals surface area contributed by atoms with Gasteiger partial charge in [0.25, 0.3) is 0 Å². The van der Waals surface area contributed by atoms with Crippen LogP contribution in [0.25, 0.3) is 10.2 Å². The lowest BCUT2D eigenvalue weighted by Gasteiger charge is -2.20. The van der Waals surface area contributed by atoms with Gasteiger partial charge in [-0.3, -0.25) is 0 Å². The summed E-state index contributed by atoms with van der Waals surface area (Å²) in [4.78, 5) is 9.46. The van der Waals surface area contributed by atoms with Crippen molar-refractivity contribution in [3.63, 3.8) is 0 Å². The fourth-order valence-corrected chi connectivity index (χ4v) is 3.03. The second-order valence-corrected chi connectivity index (χ2v) is 5.52. The lowest BCUT2D eigenvalue weighted by molar-refractivity contribution is 0.183. The molecule has 0 amide bonds. The van der Waals surface area contributed by atoms with Crippen LogP contribution in [0.2, 0.25) is 0 Å². The van der Waals surface area contributed by atoms with E-state index in [1.807, 2.05) is 11.4 Å². The largest absolute Gasteiger partial charge is 0.381 e. The summed E-state index contributed by atoms with van der Waals surface area (Å²) in [5.41, 5.74) is 5.73. The van der Waals surface area contributed by atoms with Crippen molar-refractivity contribution in [2.24, 2.45) is 5.92 Å². The molecule has 18 heavy (non-hydrogen) atoms. The van der Waals surface area contributed by atoms with Crippen LogP contribution in [0.5, 0.6) is 0 Å². The van der Waals surface area contributed by atoms with Crippen molar-refractivity contribution in [1.29, 1.82) is 0 Å². The highest BCUT2D eigenvalue weighted by molar-refractivity contribution is 7.16. The summed E-state index contributed by atoms with van der Waals surface area (Å²) in [6.07, 6.45) is 1.10. The molecule has 1 saturated heterocycles. The van der Waals surface area contributed by atoms with E-state index >= 15 is 0 Å². The zero-order chi connectivity index (χ0) is 12.5. The molecule has 3 heterocycles. The Morgan fingerprint density at radius 1 is 1.56 bits per heavy atom. The first-order chi connectivity index (χ1) is 8.74. The molecule has 2 unspecified atom stereocenters. The second kappa shape index (κ2) is 4.70. The molecule has 96 valence electrons. The molecule has 6 heteroatoms. The highest BCUT2D eigenvalue weighted by atomic mass is 32.1. The molecule has 2 aromatic rings. The number of nitrogens with zero attached hydrogens (tertiary/aromatic N) is 2. The number of rotatable bonds is 3. The average molecular weight is 264 g/mol. The smallest absolute Gasteiger partial charge is 0.223 e. The van der Waals surface area contributed by atoms with Crippen LogP contribution in [0.4, 0.5) is 11.8 Å². The van der Waals surface area contributed by atoms with E-state index in [1.165, 1.54) is 0 Å². The Morgan fingerprint density at radius 2 is 2.44 bits per heavy atom. The topological polar surface area (TPSA) is 73.1 Å². The number of hydrogen-bond acceptors (Lipinski definition) is 6. The van der Waals surface area contributed by atoms with Crippen LogP contribution in [0.1, 0.15) is 13.3 Å². The molecule has 3 rings (SSSR count). The molecule has 0 radical (unpaired) electrons.